The highest BCUT2D eigenvalue weighted by Crippen LogP contribution is 2.06. The van der Waals surface area contributed by atoms with Crippen molar-refractivity contribution in [2.45, 2.75) is 77.4 Å². The lowest BCUT2D eigenvalue weighted by Crippen LogP contribution is -2.02. The molecule has 2 N–H and O–H groups in total. The highest BCUT2D eigenvalue weighted by molar-refractivity contribution is 5.06. The molecule has 0 aliphatic rings. The molecular weight excluding hydrogens is 224 g/mol. The molecule has 0 rings (SSSR count). The maximum absolute atomic E-state index is 9.63. The summed E-state index contributed by atoms with van der Waals surface area (Å²) < 4.78 is 0. The minimum atomic E-state index is -0.349. The summed E-state index contributed by atoms with van der Waals surface area (Å²) in [7, 11) is 0. The largest absolute Gasteiger partial charge is 0.389 e. The van der Waals surface area contributed by atoms with Crippen LogP contribution in [0, 0.1) is 0 Å². The summed E-state index contributed by atoms with van der Waals surface area (Å²) in [5.74, 6) is 0. The van der Waals surface area contributed by atoms with Gasteiger partial charge in [0.1, 0.15) is 0 Å². The van der Waals surface area contributed by atoms with Crippen LogP contribution in [0.4, 0.5) is 0 Å². The van der Waals surface area contributed by atoms with Gasteiger partial charge in [0.05, 0.1) is 12.2 Å². The number of aliphatic hydroxyl groups excluding tert-OH is 2. The van der Waals surface area contributed by atoms with E-state index in [-0.39, 0.29) is 12.2 Å². The number of hydrogen-bond donors (Lipinski definition) is 2. The third kappa shape index (κ3) is 11.9. The smallest absolute Gasteiger partial charge is 0.0723 e. The zero-order valence-corrected chi connectivity index (χ0v) is 12.0. The second-order valence-corrected chi connectivity index (χ2v) is 4.90. The second kappa shape index (κ2) is 12.8. The van der Waals surface area contributed by atoms with E-state index in [2.05, 4.69) is 13.8 Å². The molecule has 2 unspecified atom stereocenters. The third-order valence-electron chi connectivity index (χ3n) is 2.98. The Labute approximate surface area is 112 Å². The predicted octanol–water partition coefficient (Wildman–Crippen LogP) is 3.98. The molecule has 0 aromatic heterocycles. The Morgan fingerprint density at radius 3 is 1.44 bits per heavy atom. The molecule has 0 aliphatic carbocycles. The van der Waals surface area contributed by atoms with Gasteiger partial charge in [0.25, 0.3) is 0 Å². The standard InChI is InChI=1S/C16H30O2/c1-3-5-7-11-15(17)13-9-10-14-16(18)12-8-6-4-2/h9-10,13-18H,3-8,11-12H2,1-2H3/b13-9-,14-10-. The molecule has 2 atom stereocenters. The van der Waals surface area contributed by atoms with Gasteiger partial charge in [0.15, 0.2) is 0 Å². The van der Waals surface area contributed by atoms with Crippen LogP contribution in [0.15, 0.2) is 24.3 Å². The lowest BCUT2D eigenvalue weighted by atomic mass is 10.1. The van der Waals surface area contributed by atoms with Crippen molar-refractivity contribution in [3.63, 3.8) is 0 Å². The van der Waals surface area contributed by atoms with E-state index in [1.165, 1.54) is 25.7 Å². The molecular formula is C16H30O2. The van der Waals surface area contributed by atoms with E-state index >= 15 is 0 Å². The molecule has 18 heavy (non-hydrogen) atoms. The van der Waals surface area contributed by atoms with E-state index in [4.69, 9.17) is 0 Å². The molecule has 0 saturated heterocycles. The van der Waals surface area contributed by atoms with Gasteiger partial charge in [-0.3, -0.25) is 0 Å². The molecule has 0 bridgehead atoms. The molecule has 0 fully saturated rings. The van der Waals surface area contributed by atoms with Crippen molar-refractivity contribution >= 4 is 0 Å². The maximum atomic E-state index is 9.63. The number of aliphatic hydroxyl groups is 2. The molecule has 0 aliphatic heterocycles. The molecule has 0 spiro atoms. The Hall–Kier alpha value is -0.600. The van der Waals surface area contributed by atoms with Crippen LogP contribution in [-0.2, 0) is 0 Å². The first-order valence-corrected chi connectivity index (χ1v) is 7.41. The van der Waals surface area contributed by atoms with Gasteiger partial charge in [-0.25, -0.2) is 0 Å². The number of hydrogen-bond acceptors (Lipinski definition) is 2. The first kappa shape index (κ1) is 17.4. The van der Waals surface area contributed by atoms with E-state index in [1.807, 2.05) is 12.2 Å². The first-order chi connectivity index (χ1) is 8.70. The molecule has 2 nitrogen and oxygen atoms in total. The maximum Gasteiger partial charge on any atom is 0.0723 e. The predicted molar refractivity (Wildman–Crippen MR) is 78.6 cm³/mol. The van der Waals surface area contributed by atoms with Gasteiger partial charge in [-0.1, -0.05) is 76.7 Å². The van der Waals surface area contributed by atoms with Crippen molar-refractivity contribution in [2.24, 2.45) is 0 Å². The average Bonchev–Trinajstić information content (AvgIpc) is 2.35. The van der Waals surface area contributed by atoms with E-state index in [9.17, 15) is 10.2 Å². The van der Waals surface area contributed by atoms with Crippen LogP contribution in [0.1, 0.15) is 65.2 Å². The summed E-state index contributed by atoms with van der Waals surface area (Å²) in [6.07, 6.45) is 15.1. The first-order valence-electron chi connectivity index (χ1n) is 7.41. The number of rotatable bonds is 11. The van der Waals surface area contributed by atoms with Crippen LogP contribution in [0.25, 0.3) is 0 Å². The van der Waals surface area contributed by atoms with E-state index in [0.717, 1.165) is 25.7 Å². The quantitative estimate of drug-likeness (QED) is 0.432. The van der Waals surface area contributed by atoms with Gasteiger partial charge < -0.3 is 10.2 Å². The van der Waals surface area contributed by atoms with Crippen molar-refractivity contribution < 1.29 is 10.2 Å². The fraction of sp³-hybridized carbons (Fsp3) is 0.750. The van der Waals surface area contributed by atoms with Gasteiger partial charge in [0.2, 0.25) is 0 Å². The minimum absolute atomic E-state index is 0.349. The number of unbranched alkanes of at least 4 members (excludes halogenated alkanes) is 4. The monoisotopic (exact) mass is 254 g/mol. The van der Waals surface area contributed by atoms with Crippen LogP contribution in [0.5, 0.6) is 0 Å². The van der Waals surface area contributed by atoms with E-state index in [0.29, 0.717) is 0 Å². The summed E-state index contributed by atoms with van der Waals surface area (Å²) in [4.78, 5) is 0. The van der Waals surface area contributed by atoms with Crippen LogP contribution < -0.4 is 0 Å². The summed E-state index contributed by atoms with van der Waals surface area (Å²) in [6, 6.07) is 0. The second-order valence-electron chi connectivity index (χ2n) is 4.90. The van der Waals surface area contributed by atoms with Crippen LogP contribution in [0.2, 0.25) is 0 Å². The Kier molecular flexibility index (Phi) is 12.4. The van der Waals surface area contributed by atoms with Gasteiger partial charge in [-0.15, -0.1) is 0 Å². The molecule has 0 radical (unpaired) electrons. The third-order valence-corrected chi connectivity index (χ3v) is 2.98. The summed E-state index contributed by atoms with van der Waals surface area (Å²) in [6.45, 7) is 4.32. The molecule has 0 aromatic carbocycles. The molecule has 0 heterocycles. The van der Waals surface area contributed by atoms with Crippen LogP contribution in [-0.4, -0.2) is 22.4 Å². The van der Waals surface area contributed by atoms with Gasteiger partial charge in [-0.2, -0.15) is 0 Å². The Morgan fingerprint density at radius 2 is 1.11 bits per heavy atom. The average molecular weight is 254 g/mol. The topological polar surface area (TPSA) is 40.5 Å². The van der Waals surface area contributed by atoms with Crippen molar-refractivity contribution in [3.05, 3.63) is 24.3 Å². The Bertz CT molecular complexity index is 197. The normalized spacial score (nSPS) is 15.6. The van der Waals surface area contributed by atoms with Crippen LogP contribution in [0.3, 0.4) is 0 Å². The zero-order valence-electron chi connectivity index (χ0n) is 12.0. The van der Waals surface area contributed by atoms with Crippen molar-refractivity contribution in [1.82, 2.24) is 0 Å². The summed E-state index contributed by atoms with van der Waals surface area (Å²) >= 11 is 0. The van der Waals surface area contributed by atoms with Gasteiger partial charge in [-0.05, 0) is 12.8 Å². The molecule has 106 valence electrons. The van der Waals surface area contributed by atoms with Gasteiger partial charge >= 0.3 is 0 Å². The summed E-state index contributed by atoms with van der Waals surface area (Å²) in [5, 5.41) is 19.3. The summed E-state index contributed by atoms with van der Waals surface area (Å²) in [5.41, 5.74) is 0. The van der Waals surface area contributed by atoms with Crippen molar-refractivity contribution in [2.75, 3.05) is 0 Å². The lowest BCUT2D eigenvalue weighted by molar-refractivity contribution is 0.207. The zero-order chi connectivity index (χ0) is 13.6. The van der Waals surface area contributed by atoms with E-state index in [1.54, 1.807) is 12.2 Å². The fourth-order valence-electron chi connectivity index (χ4n) is 1.78. The molecule has 0 aromatic rings. The Balaban J connectivity index is 3.64. The Morgan fingerprint density at radius 1 is 0.722 bits per heavy atom. The van der Waals surface area contributed by atoms with Crippen molar-refractivity contribution in [3.8, 4) is 0 Å². The number of allylic oxidation sites excluding steroid dienone is 2. The molecule has 0 amide bonds. The highest BCUT2D eigenvalue weighted by Gasteiger charge is 1.98. The van der Waals surface area contributed by atoms with E-state index < -0.39 is 0 Å². The highest BCUT2D eigenvalue weighted by atomic mass is 16.3. The fourth-order valence-corrected chi connectivity index (χ4v) is 1.78. The minimum Gasteiger partial charge on any atom is -0.389 e. The SMILES string of the molecule is CCCCCC(O)/C=C\C=C/C(O)CCCCC. The lowest BCUT2D eigenvalue weighted by Gasteiger charge is -2.04. The molecule has 0 saturated carbocycles. The van der Waals surface area contributed by atoms with Gasteiger partial charge in [0, 0.05) is 0 Å². The van der Waals surface area contributed by atoms with Crippen molar-refractivity contribution in [1.29, 1.82) is 0 Å². The molecule has 2 heteroatoms. The van der Waals surface area contributed by atoms with Crippen LogP contribution >= 0.6 is 0 Å².